The Hall–Kier alpha value is -5.95. The van der Waals surface area contributed by atoms with E-state index in [0.717, 1.165) is 94.8 Å². The summed E-state index contributed by atoms with van der Waals surface area (Å²) in [7, 11) is 0. The van der Waals surface area contributed by atoms with Crippen molar-refractivity contribution in [1.29, 1.82) is 0 Å². The van der Waals surface area contributed by atoms with Crippen molar-refractivity contribution in [1.82, 2.24) is 25.3 Å². The Balaban J connectivity index is 0.652. The summed E-state index contributed by atoms with van der Waals surface area (Å²) in [6.07, 6.45) is 7.78. The first-order chi connectivity index (χ1) is 30.8. The number of rotatable bonds is 9. The molecule has 326 valence electrons. The highest BCUT2D eigenvalue weighted by molar-refractivity contribution is 6.01. The molecule has 6 heterocycles. The minimum absolute atomic E-state index is 0.0806. The average molecular weight is 849 g/mol. The molecule has 0 saturated carbocycles. The Labute approximate surface area is 368 Å². The summed E-state index contributed by atoms with van der Waals surface area (Å²) in [5.41, 5.74) is 17.0. The van der Waals surface area contributed by atoms with Gasteiger partial charge in [0.05, 0.1) is 17.9 Å². The van der Waals surface area contributed by atoms with E-state index in [0.29, 0.717) is 73.2 Å². The number of likely N-dealkylation sites (tertiary alicyclic amines) is 2. The minimum Gasteiger partial charge on any atom is -0.507 e. The summed E-state index contributed by atoms with van der Waals surface area (Å²) in [5, 5.41) is 21.5. The number of anilines is 3. The molecule has 0 radical (unpaired) electrons. The largest absolute Gasteiger partial charge is 0.507 e. The van der Waals surface area contributed by atoms with E-state index in [9.17, 15) is 19.5 Å². The third-order valence-corrected chi connectivity index (χ3v) is 15.2. The zero-order valence-corrected chi connectivity index (χ0v) is 35.8. The number of imide groups is 1. The number of phenolic OH excluding ortho intramolecular Hbond substituents is 1. The molecule has 3 amide bonds. The fourth-order valence-corrected chi connectivity index (χ4v) is 12.0. The van der Waals surface area contributed by atoms with Crippen LogP contribution in [-0.4, -0.2) is 107 Å². The normalized spacial score (nSPS) is 25.2. The van der Waals surface area contributed by atoms with Gasteiger partial charge >= 0.3 is 0 Å². The summed E-state index contributed by atoms with van der Waals surface area (Å²) in [6.45, 7) is 6.27. The van der Waals surface area contributed by atoms with Crippen LogP contribution in [0, 0.1) is 11.8 Å². The Morgan fingerprint density at radius 2 is 1.63 bits per heavy atom. The van der Waals surface area contributed by atoms with E-state index in [1.807, 2.05) is 23.1 Å². The van der Waals surface area contributed by atoms with Crippen molar-refractivity contribution >= 4 is 34.9 Å². The number of hydrogen-bond acceptors (Lipinski definition) is 11. The molecule has 13 nitrogen and oxygen atoms in total. The maximum Gasteiger partial charge on any atom is 0.249 e. The fourth-order valence-electron chi connectivity index (χ4n) is 12.0. The smallest absolute Gasteiger partial charge is 0.249 e. The van der Waals surface area contributed by atoms with Crippen LogP contribution in [0.2, 0.25) is 0 Å². The number of nitrogens with zero attached hydrogens (tertiary/aromatic N) is 6. The number of fused-ring (bicyclic) bond motifs is 2. The molecule has 0 spiro atoms. The third kappa shape index (κ3) is 7.57. The predicted molar refractivity (Wildman–Crippen MR) is 240 cm³/mol. The van der Waals surface area contributed by atoms with Gasteiger partial charge in [-0.3, -0.25) is 24.6 Å². The number of aromatic nitrogens is 2. The molecule has 4 aromatic rings. The van der Waals surface area contributed by atoms with E-state index in [2.05, 4.69) is 72.7 Å². The first kappa shape index (κ1) is 39.9. The van der Waals surface area contributed by atoms with Crippen molar-refractivity contribution in [2.24, 2.45) is 11.8 Å². The molecule has 3 unspecified atom stereocenters. The molecule has 4 fully saturated rings. The topological polar surface area (TPSA) is 157 Å². The first-order valence-electron chi connectivity index (χ1n) is 23.1. The monoisotopic (exact) mass is 848 g/mol. The second kappa shape index (κ2) is 16.3. The van der Waals surface area contributed by atoms with Gasteiger partial charge in [-0.05, 0) is 117 Å². The Kier molecular flexibility index (Phi) is 10.3. The molecule has 1 aromatic heterocycles. The Morgan fingerprint density at radius 1 is 0.810 bits per heavy atom. The second-order valence-electron chi connectivity index (χ2n) is 18.8. The summed E-state index contributed by atoms with van der Waals surface area (Å²) >= 11 is 0. The number of phenols is 1. The van der Waals surface area contributed by atoms with Crippen molar-refractivity contribution in [2.45, 2.75) is 81.8 Å². The number of benzene rings is 3. The van der Waals surface area contributed by atoms with Crippen LogP contribution in [0.25, 0.3) is 11.3 Å². The van der Waals surface area contributed by atoms with E-state index < -0.39 is 0 Å². The van der Waals surface area contributed by atoms with Crippen molar-refractivity contribution in [3.05, 3.63) is 101 Å². The predicted octanol–water partition coefficient (Wildman–Crippen LogP) is 5.79. The average Bonchev–Trinajstić information content (AvgIpc) is 3.89. The van der Waals surface area contributed by atoms with E-state index >= 15 is 0 Å². The lowest BCUT2D eigenvalue weighted by Crippen LogP contribution is -2.54. The molecule has 4 atom stereocenters. The number of nitrogens with two attached hydrogens (primary N) is 1. The number of hydrogen-bond donors (Lipinski definition) is 3. The van der Waals surface area contributed by atoms with Gasteiger partial charge in [0, 0.05) is 75.1 Å². The van der Waals surface area contributed by atoms with Crippen LogP contribution >= 0.6 is 0 Å². The van der Waals surface area contributed by atoms with E-state index in [1.54, 1.807) is 23.3 Å². The van der Waals surface area contributed by atoms with Crippen molar-refractivity contribution in [2.75, 3.05) is 67.9 Å². The first-order valence-corrected chi connectivity index (χ1v) is 23.1. The van der Waals surface area contributed by atoms with Gasteiger partial charge in [0.2, 0.25) is 17.7 Å². The van der Waals surface area contributed by atoms with Crippen molar-refractivity contribution in [3.63, 3.8) is 0 Å². The summed E-state index contributed by atoms with van der Waals surface area (Å²) in [5.74, 6) is 3.13. The van der Waals surface area contributed by atoms with Gasteiger partial charge < -0.3 is 30.3 Å². The van der Waals surface area contributed by atoms with Crippen LogP contribution in [0.5, 0.6) is 11.5 Å². The van der Waals surface area contributed by atoms with E-state index in [4.69, 9.17) is 10.5 Å². The van der Waals surface area contributed by atoms with E-state index in [-0.39, 0.29) is 35.6 Å². The number of piperidine rings is 4. The molecule has 4 saturated heterocycles. The molecule has 4 N–H and O–H groups in total. The number of para-hydroxylation sites is 1. The quantitative estimate of drug-likeness (QED) is 0.138. The molecule has 3 aromatic carbocycles. The molecular weight excluding hydrogens is 793 g/mol. The lowest BCUT2D eigenvalue weighted by atomic mass is 9.82. The number of aromatic hydroxyl groups is 1. The highest BCUT2D eigenvalue weighted by Crippen LogP contribution is 2.63. The lowest BCUT2D eigenvalue weighted by molar-refractivity contribution is -0.135. The number of nitrogen functional groups attached to an aromatic ring is 1. The Morgan fingerprint density at radius 3 is 2.44 bits per heavy atom. The summed E-state index contributed by atoms with van der Waals surface area (Å²) in [6, 6.07) is 24.1. The molecule has 11 rings (SSSR count). The van der Waals surface area contributed by atoms with Crippen molar-refractivity contribution < 1.29 is 24.2 Å². The zero-order chi connectivity index (χ0) is 42.8. The molecule has 63 heavy (non-hydrogen) atoms. The van der Waals surface area contributed by atoms with Gasteiger partial charge in [-0.1, -0.05) is 47.5 Å². The highest BCUT2D eigenvalue weighted by atomic mass is 16.5. The van der Waals surface area contributed by atoms with Crippen LogP contribution in [0.4, 0.5) is 17.2 Å². The maximum atomic E-state index is 13.6. The summed E-state index contributed by atoms with van der Waals surface area (Å²) in [4.78, 5) is 47.1. The van der Waals surface area contributed by atoms with Crippen LogP contribution in [0.1, 0.15) is 79.9 Å². The third-order valence-electron chi connectivity index (χ3n) is 15.2. The van der Waals surface area contributed by atoms with E-state index in [1.165, 1.54) is 16.7 Å². The zero-order valence-electron chi connectivity index (χ0n) is 35.8. The fraction of sp³-hybridized carbons (Fsp3) is 0.460. The van der Waals surface area contributed by atoms with Crippen LogP contribution < -0.4 is 25.6 Å². The van der Waals surface area contributed by atoms with Crippen LogP contribution in [0.3, 0.4) is 0 Å². The second-order valence-corrected chi connectivity index (χ2v) is 18.8. The van der Waals surface area contributed by atoms with Crippen LogP contribution in [0.15, 0.2) is 83.9 Å². The van der Waals surface area contributed by atoms with Crippen molar-refractivity contribution in [3.8, 4) is 22.8 Å². The molecule has 13 heteroatoms. The van der Waals surface area contributed by atoms with Gasteiger partial charge in [0.15, 0.2) is 5.82 Å². The lowest BCUT2D eigenvalue weighted by Gasteiger charge is -2.40. The molecule has 0 bridgehead atoms. The number of ether oxygens (including phenoxy) is 1. The summed E-state index contributed by atoms with van der Waals surface area (Å²) < 4.78 is 6.61. The van der Waals surface area contributed by atoms with Gasteiger partial charge in [-0.2, -0.15) is 0 Å². The number of carbonyl (C=O) groups excluding carboxylic acids is 3. The number of amides is 3. The molecule has 2 aliphatic carbocycles. The number of carbonyl (C=O) groups is 3. The van der Waals surface area contributed by atoms with Gasteiger partial charge in [0.1, 0.15) is 23.6 Å². The van der Waals surface area contributed by atoms with Gasteiger partial charge in [-0.15, -0.1) is 10.2 Å². The SMILES string of the molecule is Nc1nnc(-c2ccccc2O)cc1N1CC2CC(c3cccc(OC4CCN(C(=O)CN5CCC(c6cccc7c6CCCN7C6CCC(=O)NC6=O)CC5)CC4)c3)C3=C2[C@H]3C1. The maximum absolute atomic E-state index is 13.6. The molecular formula is C50H56N8O5. The Bertz CT molecular complexity index is 2490. The highest BCUT2D eigenvalue weighted by Gasteiger charge is 2.55. The minimum atomic E-state index is -0.291. The number of nitrogens with one attached hydrogen (secondary N) is 1. The molecule has 5 aliphatic heterocycles. The van der Waals surface area contributed by atoms with Crippen LogP contribution in [-0.2, 0) is 20.8 Å². The molecule has 7 aliphatic rings. The van der Waals surface area contributed by atoms with Gasteiger partial charge in [0.25, 0.3) is 0 Å². The van der Waals surface area contributed by atoms with Gasteiger partial charge in [-0.25, -0.2) is 0 Å². The standard InChI is InChI=1S/C50H56N8O5/c51-49-43(26-40(53-54-49)37-8-1-2-12-44(37)59)57-27-32-25-38(48-39(28-57)47(32)48)31-6-3-7-34(24-31)63-33-17-22-56(23-18-33)46(61)29-55-20-15-30(16-21-55)35-9-4-11-41-36(35)10-5-19-58(41)42-13-14-45(60)52-50(42)62/h1-4,6-9,11-12,24,26,30,32-33,38-39,42,59H,5,10,13-23,25,27-29H2,(H2,51,54)(H,52,60,62)/t32?,38?,39-,42?/m1/s1.